The van der Waals surface area contributed by atoms with E-state index in [0.29, 0.717) is 16.7 Å². The summed E-state index contributed by atoms with van der Waals surface area (Å²) in [6.45, 7) is 0.694. The van der Waals surface area contributed by atoms with Gasteiger partial charge in [0.1, 0.15) is 0 Å². The maximum atomic E-state index is 9.15. The summed E-state index contributed by atoms with van der Waals surface area (Å²) in [6.07, 6.45) is -0.636. The van der Waals surface area contributed by atoms with Gasteiger partial charge in [-0.15, -0.1) is 0 Å². The Morgan fingerprint density at radius 2 is 2.13 bits per heavy atom. The van der Waals surface area contributed by atoms with Crippen LogP contribution >= 0.6 is 23.2 Å². The van der Waals surface area contributed by atoms with Crippen molar-refractivity contribution in [1.29, 1.82) is 0 Å². The summed E-state index contributed by atoms with van der Waals surface area (Å²) in [6, 6.07) is 5.16. The van der Waals surface area contributed by atoms with E-state index in [-0.39, 0.29) is 13.2 Å². The molecular weight excluding hydrogens is 237 g/mol. The third-order valence-corrected chi connectivity index (χ3v) is 2.45. The highest BCUT2D eigenvalue weighted by atomic mass is 35.5. The van der Waals surface area contributed by atoms with Crippen LogP contribution in [0, 0.1) is 0 Å². The monoisotopic (exact) mass is 249 g/mol. The van der Waals surface area contributed by atoms with Crippen molar-refractivity contribution in [2.75, 3.05) is 13.2 Å². The van der Waals surface area contributed by atoms with Crippen LogP contribution in [0.25, 0.3) is 0 Å². The number of hydrogen-bond acceptors (Lipinski definition) is 3. The molecule has 3 N–H and O–H groups in total. The molecule has 0 heterocycles. The molecule has 15 heavy (non-hydrogen) atoms. The number of benzene rings is 1. The number of aliphatic hydroxyl groups excluding tert-OH is 1. The molecule has 0 spiro atoms. The molecule has 1 aromatic carbocycles. The molecule has 0 bridgehead atoms. The highest BCUT2D eigenvalue weighted by molar-refractivity contribution is 6.33. The molecule has 0 fully saturated rings. The Labute approximate surface area is 98.7 Å². The molecule has 3 nitrogen and oxygen atoms in total. The average Bonchev–Trinajstić information content (AvgIpc) is 2.23. The van der Waals surface area contributed by atoms with Crippen LogP contribution in [0.5, 0.6) is 0 Å². The first-order valence-corrected chi connectivity index (χ1v) is 5.29. The van der Waals surface area contributed by atoms with Gasteiger partial charge >= 0.3 is 0 Å². The maximum absolute atomic E-state index is 9.15. The van der Waals surface area contributed by atoms with E-state index in [4.69, 9.17) is 38.8 Å². The third-order valence-electron chi connectivity index (χ3n) is 1.85. The smallest absolute Gasteiger partial charge is 0.0895 e. The zero-order valence-electron chi connectivity index (χ0n) is 8.12. The van der Waals surface area contributed by atoms with Crippen LogP contribution < -0.4 is 5.73 Å². The minimum atomic E-state index is -0.636. The Balaban J connectivity index is 2.46. The Morgan fingerprint density at radius 3 is 2.80 bits per heavy atom. The van der Waals surface area contributed by atoms with Crippen LogP contribution in [0.1, 0.15) is 5.56 Å². The first-order valence-electron chi connectivity index (χ1n) is 4.53. The molecule has 5 heteroatoms. The molecule has 1 aromatic rings. The average molecular weight is 250 g/mol. The highest BCUT2D eigenvalue weighted by Gasteiger charge is 2.04. The fourth-order valence-electron chi connectivity index (χ4n) is 1.03. The van der Waals surface area contributed by atoms with Crippen LogP contribution in [-0.2, 0) is 11.3 Å². The largest absolute Gasteiger partial charge is 0.389 e. The number of nitrogens with two attached hydrogens (primary N) is 1. The molecule has 0 aliphatic rings. The molecular formula is C10H13Cl2NO2. The molecule has 1 rings (SSSR count). The van der Waals surface area contributed by atoms with Gasteiger partial charge in [-0.2, -0.15) is 0 Å². The van der Waals surface area contributed by atoms with Gasteiger partial charge in [0.25, 0.3) is 0 Å². The van der Waals surface area contributed by atoms with Gasteiger partial charge in [-0.05, 0) is 23.8 Å². The molecule has 0 radical (unpaired) electrons. The quantitative estimate of drug-likeness (QED) is 0.838. The van der Waals surface area contributed by atoms with Crippen molar-refractivity contribution in [3.05, 3.63) is 33.8 Å². The predicted octanol–water partition coefficient (Wildman–Crippen LogP) is 1.83. The lowest BCUT2D eigenvalue weighted by molar-refractivity contribution is 0.0329. The van der Waals surface area contributed by atoms with Gasteiger partial charge in [0.2, 0.25) is 0 Å². The summed E-state index contributed by atoms with van der Waals surface area (Å²) < 4.78 is 5.24. The van der Waals surface area contributed by atoms with E-state index >= 15 is 0 Å². The fourth-order valence-corrected chi connectivity index (χ4v) is 1.39. The minimum Gasteiger partial charge on any atom is -0.389 e. The Kier molecular flexibility index (Phi) is 5.36. The SMILES string of the molecule is NC[C@@H](O)COCc1cc(Cl)ccc1Cl. The van der Waals surface area contributed by atoms with Crippen LogP contribution in [0.4, 0.5) is 0 Å². The summed E-state index contributed by atoms with van der Waals surface area (Å²) >= 11 is 11.7. The Morgan fingerprint density at radius 1 is 1.40 bits per heavy atom. The number of halogens is 2. The zero-order valence-corrected chi connectivity index (χ0v) is 9.63. The Hall–Kier alpha value is -0.320. The van der Waals surface area contributed by atoms with Crippen LogP contribution in [0.3, 0.4) is 0 Å². The number of aliphatic hydroxyl groups is 1. The lowest BCUT2D eigenvalue weighted by atomic mass is 10.2. The van der Waals surface area contributed by atoms with Crippen molar-refractivity contribution in [3.63, 3.8) is 0 Å². The first-order chi connectivity index (χ1) is 7.13. The van der Waals surface area contributed by atoms with E-state index in [1.165, 1.54) is 0 Å². The van der Waals surface area contributed by atoms with Crippen molar-refractivity contribution >= 4 is 23.2 Å². The van der Waals surface area contributed by atoms with E-state index in [9.17, 15) is 0 Å². The van der Waals surface area contributed by atoms with Gasteiger partial charge in [0, 0.05) is 16.6 Å². The van der Waals surface area contributed by atoms with Crippen LogP contribution in [0.15, 0.2) is 18.2 Å². The molecule has 0 amide bonds. The van der Waals surface area contributed by atoms with Crippen molar-refractivity contribution in [1.82, 2.24) is 0 Å². The standard InChI is InChI=1S/C10H13Cl2NO2/c11-8-1-2-10(12)7(3-8)5-15-6-9(14)4-13/h1-3,9,14H,4-6,13H2/t9-/m1/s1. The third kappa shape index (κ3) is 4.36. The summed E-state index contributed by atoms with van der Waals surface area (Å²) in [5, 5.41) is 10.4. The minimum absolute atomic E-state index is 0.184. The van der Waals surface area contributed by atoms with E-state index in [1.54, 1.807) is 18.2 Å². The molecule has 0 aromatic heterocycles. The number of ether oxygens (including phenoxy) is 1. The van der Waals surface area contributed by atoms with Gasteiger partial charge < -0.3 is 15.6 Å². The molecule has 84 valence electrons. The van der Waals surface area contributed by atoms with Crippen LogP contribution in [0.2, 0.25) is 10.0 Å². The molecule has 0 saturated heterocycles. The topological polar surface area (TPSA) is 55.5 Å². The van der Waals surface area contributed by atoms with E-state index in [1.807, 2.05) is 0 Å². The van der Waals surface area contributed by atoms with Crippen molar-refractivity contribution in [2.45, 2.75) is 12.7 Å². The van der Waals surface area contributed by atoms with E-state index in [0.717, 1.165) is 5.56 Å². The molecule has 0 unspecified atom stereocenters. The second-order valence-corrected chi connectivity index (χ2v) is 3.98. The number of hydrogen-bond donors (Lipinski definition) is 2. The molecule has 0 aliphatic carbocycles. The molecule has 0 aliphatic heterocycles. The van der Waals surface area contributed by atoms with E-state index < -0.39 is 6.10 Å². The summed E-state index contributed by atoms with van der Waals surface area (Å²) in [5.74, 6) is 0. The fraction of sp³-hybridized carbons (Fsp3) is 0.400. The van der Waals surface area contributed by atoms with Gasteiger partial charge in [-0.3, -0.25) is 0 Å². The normalized spacial score (nSPS) is 12.8. The predicted molar refractivity (Wildman–Crippen MR) is 61.2 cm³/mol. The second-order valence-electron chi connectivity index (χ2n) is 3.14. The molecule has 1 atom stereocenters. The first kappa shape index (κ1) is 12.7. The van der Waals surface area contributed by atoms with Gasteiger partial charge in [0.15, 0.2) is 0 Å². The second kappa shape index (κ2) is 6.30. The summed E-state index contributed by atoms with van der Waals surface area (Å²) in [7, 11) is 0. The molecule has 0 saturated carbocycles. The van der Waals surface area contributed by atoms with Crippen molar-refractivity contribution in [2.24, 2.45) is 5.73 Å². The summed E-state index contributed by atoms with van der Waals surface area (Å²) in [5.41, 5.74) is 6.03. The van der Waals surface area contributed by atoms with Gasteiger partial charge in [0.05, 0.1) is 19.3 Å². The lowest BCUT2D eigenvalue weighted by Crippen LogP contribution is -2.25. The van der Waals surface area contributed by atoms with Gasteiger partial charge in [-0.25, -0.2) is 0 Å². The van der Waals surface area contributed by atoms with Gasteiger partial charge in [-0.1, -0.05) is 23.2 Å². The van der Waals surface area contributed by atoms with Crippen molar-refractivity contribution in [3.8, 4) is 0 Å². The lowest BCUT2D eigenvalue weighted by Gasteiger charge is -2.09. The summed E-state index contributed by atoms with van der Waals surface area (Å²) in [4.78, 5) is 0. The van der Waals surface area contributed by atoms with Crippen LogP contribution in [-0.4, -0.2) is 24.4 Å². The zero-order chi connectivity index (χ0) is 11.3. The maximum Gasteiger partial charge on any atom is 0.0895 e. The van der Waals surface area contributed by atoms with Crippen molar-refractivity contribution < 1.29 is 9.84 Å². The number of rotatable bonds is 5. The van der Waals surface area contributed by atoms with E-state index in [2.05, 4.69) is 0 Å². The Bertz CT molecular complexity index is 320. The highest BCUT2D eigenvalue weighted by Crippen LogP contribution is 2.21.